The van der Waals surface area contributed by atoms with E-state index in [0.717, 1.165) is 22.2 Å². The number of aryl methyl sites for hydroxylation is 1. The fourth-order valence-electron chi connectivity index (χ4n) is 3.17. The molecule has 0 radical (unpaired) electrons. The zero-order valence-electron chi connectivity index (χ0n) is 15.9. The Bertz CT molecular complexity index is 1170. The van der Waals surface area contributed by atoms with Gasteiger partial charge in [-0.3, -0.25) is 0 Å². The van der Waals surface area contributed by atoms with Crippen LogP contribution < -0.4 is 4.74 Å². The van der Waals surface area contributed by atoms with Crippen molar-refractivity contribution in [2.24, 2.45) is 10.2 Å². The molecular formula is C23H20ClN3O2. The van der Waals surface area contributed by atoms with Gasteiger partial charge >= 0.3 is 0 Å². The molecule has 0 aliphatic heterocycles. The average molecular weight is 406 g/mol. The molecule has 0 fully saturated rings. The van der Waals surface area contributed by atoms with Gasteiger partial charge in [-0.25, -0.2) is 0 Å². The molecule has 3 aromatic carbocycles. The summed E-state index contributed by atoms with van der Waals surface area (Å²) in [6.45, 7) is 2.93. The summed E-state index contributed by atoms with van der Waals surface area (Å²) in [7, 11) is 0. The largest absolute Gasteiger partial charge is 0.493 e. The van der Waals surface area contributed by atoms with Crippen LogP contribution in [0.25, 0.3) is 10.9 Å². The highest BCUT2D eigenvalue weighted by atomic mass is 35.5. The molecule has 6 heteroatoms. The van der Waals surface area contributed by atoms with E-state index in [0.29, 0.717) is 29.5 Å². The van der Waals surface area contributed by atoms with E-state index in [2.05, 4.69) is 10.2 Å². The minimum Gasteiger partial charge on any atom is -0.493 e. The molecule has 146 valence electrons. The molecule has 4 aromatic rings. The van der Waals surface area contributed by atoms with Crippen LogP contribution in [0.5, 0.6) is 11.6 Å². The van der Waals surface area contributed by atoms with Crippen LogP contribution in [0.15, 0.2) is 83.0 Å². The molecule has 29 heavy (non-hydrogen) atoms. The highest BCUT2D eigenvalue weighted by molar-refractivity contribution is 6.30. The smallest absolute Gasteiger partial charge is 0.220 e. The standard InChI is InChI=1S/C23H20ClN3O2/c1-16-5-4-6-19(15-16)29-14-13-27-21-8-3-2-7-20(21)22(23(27)28)26-25-18-11-9-17(24)10-12-18/h2-12,15,28H,13-14H2,1H3. The monoisotopic (exact) mass is 405 g/mol. The molecular weight excluding hydrogens is 386 g/mol. The first-order valence-electron chi connectivity index (χ1n) is 9.29. The lowest BCUT2D eigenvalue weighted by Crippen LogP contribution is -2.07. The Kier molecular flexibility index (Phi) is 5.49. The molecule has 0 unspecified atom stereocenters. The number of aromatic hydroxyl groups is 1. The van der Waals surface area contributed by atoms with E-state index in [-0.39, 0.29) is 5.88 Å². The van der Waals surface area contributed by atoms with E-state index in [1.807, 2.05) is 55.5 Å². The Hall–Kier alpha value is -3.31. The Morgan fingerprint density at radius 1 is 0.966 bits per heavy atom. The van der Waals surface area contributed by atoms with Gasteiger partial charge in [0.05, 0.1) is 17.7 Å². The number of ether oxygens (including phenoxy) is 1. The number of nitrogens with zero attached hydrogens (tertiary/aromatic N) is 3. The van der Waals surface area contributed by atoms with E-state index in [1.54, 1.807) is 28.8 Å². The van der Waals surface area contributed by atoms with Gasteiger partial charge in [-0.2, -0.15) is 5.11 Å². The summed E-state index contributed by atoms with van der Waals surface area (Å²) in [4.78, 5) is 0. The van der Waals surface area contributed by atoms with E-state index in [9.17, 15) is 5.11 Å². The maximum Gasteiger partial charge on any atom is 0.220 e. The molecule has 0 atom stereocenters. The minimum atomic E-state index is 0.0664. The highest BCUT2D eigenvalue weighted by Gasteiger charge is 2.16. The molecule has 0 spiro atoms. The van der Waals surface area contributed by atoms with E-state index in [1.165, 1.54) is 0 Å². The van der Waals surface area contributed by atoms with Crippen molar-refractivity contribution in [3.63, 3.8) is 0 Å². The first-order valence-corrected chi connectivity index (χ1v) is 9.66. The normalized spacial score (nSPS) is 11.4. The molecule has 0 bridgehead atoms. The number of benzene rings is 3. The van der Waals surface area contributed by atoms with Crippen LogP contribution in [0.1, 0.15) is 5.56 Å². The Morgan fingerprint density at radius 3 is 2.55 bits per heavy atom. The summed E-state index contributed by atoms with van der Waals surface area (Å²) < 4.78 is 7.64. The SMILES string of the molecule is Cc1cccc(OCCn2c(O)c(N=Nc3ccc(Cl)cc3)c3ccccc32)c1. The lowest BCUT2D eigenvalue weighted by atomic mass is 10.2. The molecule has 0 saturated heterocycles. The maximum atomic E-state index is 10.8. The van der Waals surface area contributed by atoms with E-state index in [4.69, 9.17) is 16.3 Å². The fourth-order valence-corrected chi connectivity index (χ4v) is 3.30. The summed E-state index contributed by atoms with van der Waals surface area (Å²) in [5, 5.41) is 20.8. The third-order valence-electron chi connectivity index (χ3n) is 4.58. The van der Waals surface area contributed by atoms with Crippen LogP contribution in [-0.4, -0.2) is 16.3 Å². The Balaban J connectivity index is 1.59. The number of hydrogen-bond acceptors (Lipinski definition) is 4. The topological polar surface area (TPSA) is 59.1 Å². The van der Waals surface area contributed by atoms with Crippen LogP contribution in [0, 0.1) is 6.92 Å². The van der Waals surface area contributed by atoms with Crippen molar-refractivity contribution in [2.45, 2.75) is 13.5 Å². The van der Waals surface area contributed by atoms with Gasteiger partial charge < -0.3 is 14.4 Å². The van der Waals surface area contributed by atoms with Crippen LogP contribution in [0.4, 0.5) is 11.4 Å². The lowest BCUT2D eigenvalue weighted by molar-refractivity contribution is 0.290. The van der Waals surface area contributed by atoms with Gasteiger partial charge in [-0.05, 0) is 55.0 Å². The minimum absolute atomic E-state index is 0.0664. The van der Waals surface area contributed by atoms with Gasteiger partial charge in [0.1, 0.15) is 12.4 Å². The quantitative estimate of drug-likeness (QED) is 0.358. The summed E-state index contributed by atoms with van der Waals surface area (Å²) >= 11 is 5.91. The number of fused-ring (bicyclic) bond motifs is 1. The van der Waals surface area contributed by atoms with Crippen LogP contribution in [-0.2, 0) is 6.54 Å². The number of azo groups is 1. The number of aromatic nitrogens is 1. The third kappa shape index (κ3) is 4.25. The van der Waals surface area contributed by atoms with E-state index >= 15 is 0 Å². The predicted octanol–water partition coefficient (Wildman–Crippen LogP) is 6.80. The predicted molar refractivity (Wildman–Crippen MR) is 116 cm³/mol. The van der Waals surface area contributed by atoms with Gasteiger partial charge in [-0.1, -0.05) is 41.9 Å². The average Bonchev–Trinajstić information content (AvgIpc) is 2.99. The van der Waals surface area contributed by atoms with Crippen molar-refractivity contribution in [3.05, 3.63) is 83.4 Å². The lowest BCUT2D eigenvalue weighted by Gasteiger charge is -2.09. The van der Waals surface area contributed by atoms with Gasteiger partial charge in [0.25, 0.3) is 0 Å². The molecule has 4 rings (SSSR count). The van der Waals surface area contributed by atoms with Crippen molar-refractivity contribution >= 4 is 33.9 Å². The molecule has 0 amide bonds. The van der Waals surface area contributed by atoms with Gasteiger partial charge in [0, 0.05) is 10.4 Å². The second-order valence-corrected chi connectivity index (χ2v) is 7.12. The van der Waals surface area contributed by atoms with Crippen molar-refractivity contribution < 1.29 is 9.84 Å². The van der Waals surface area contributed by atoms with Crippen molar-refractivity contribution in [3.8, 4) is 11.6 Å². The maximum absolute atomic E-state index is 10.8. The number of para-hydroxylation sites is 1. The fraction of sp³-hybridized carbons (Fsp3) is 0.130. The number of halogens is 1. The molecule has 5 nitrogen and oxygen atoms in total. The second kappa shape index (κ2) is 8.37. The van der Waals surface area contributed by atoms with Crippen LogP contribution >= 0.6 is 11.6 Å². The number of rotatable bonds is 6. The van der Waals surface area contributed by atoms with Gasteiger partial charge in [0.2, 0.25) is 5.88 Å². The first-order chi connectivity index (χ1) is 14.1. The highest BCUT2D eigenvalue weighted by Crippen LogP contribution is 2.39. The van der Waals surface area contributed by atoms with Crippen molar-refractivity contribution in [1.29, 1.82) is 0 Å². The summed E-state index contributed by atoms with van der Waals surface area (Å²) in [5.41, 5.74) is 3.11. The molecule has 0 aliphatic carbocycles. The van der Waals surface area contributed by atoms with Crippen molar-refractivity contribution in [1.82, 2.24) is 4.57 Å². The summed E-state index contributed by atoms with van der Waals surface area (Å²) in [5.74, 6) is 0.875. The molecule has 0 saturated carbocycles. The Labute approximate surface area is 173 Å². The molecule has 1 aromatic heterocycles. The molecule has 0 aliphatic rings. The van der Waals surface area contributed by atoms with E-state index < -0.39 is 0 Å². The molecule has 1 N–H and O–H groups in total. The summed E-state index contributed by atoms with van der Waals surface area (Å²) in [6, 6.07) is 22.7. The van der Waals surface area contributed by atoms with Gasteiger partial charge in [0.15, 0.2) is 5.69 Å². The van der Waals surface area contributed by atoms with Crippen LogP contribution in [0.3, 0.4) is 0 Å². The first kappa shape index (κ1) is 19.0. The number of hydrogen-bond donors (Lipinski definition) is 1. The zero-order valence-corrected chi connectivity index (χ0v) is 16.7. The Morgan fingerprint density at radius 2 is 1.76 bits per heavy atom. The molecule has 1 heterocycles. The zero-order chi connectivity index (χ0) is 20.2. The van der Waals surface area contributed by atoms with Gasteiger partial charge in [-0.15, -0.1) is 5.11 Å². The third-order valence-corrected chi connectivity index (χ3v) is 4.83. The van der Waals surface area contributed by atoms with Crippen LogP contribution in [0.2, 0.25) is 5.02 Å². The van der Waals surface area contributed by atoms with Crippen molar-refractivity contribution in [2.75, 3.05) is 6.61 Å². The summed E-state index contributed by atoms with van der Waals surface area (Å²) in [6.07, 6.45) is 0. The second-order valence-electron chi connectivity index (χ2n) is 6.68.